The van der Waals surface area contributed by atoms with E-state index in [1.54, 1.807) is 13.0 Å². The number of ether oxygens (including phenoxy) is 1. The first-order valence-corrected chi connectivity index (χ1v) is 16.3. The molecule has 0 unspecified atom stereocenters. The molecule has 0 spiro atoms. The maximum atomic E-state index is 15.4. The zero-order chi connectivity index (χ0) is 29.6. The summed E-state index contributed by atoms with van der Waals surface area (Å²) in [6.07, 6.45) is 17.3. The van der Waals surface area contributed by atoms with Gasteiger partial charge in [-0.15, -0.1) is 0 Å². The second-order valence-electron chi connectivity index (χ2n) is 12.7. The number of benzene rings is 2. The molecule has 2 aromatic carbocycles. The van der Waals surface area contributed by atoms with E-state index in [0.717, 1.165) is 30.6 Å². The molecule has 2 fully saturated rings. The molecule has 3 aromatic rings. The fraction of sp³-hybridized carbons (Fsp3) is 0.583. The normalized spacial score (nSPS) is 22.9. The lowest BCUT2D eigenvalue weighted by atomic mass is 9.69. The van der Waals surface area contributed by atoms with Gasteiger partial charge in [-0.05, 0) is 97.8 Å². The summed E-state index contributed by atoms with van der Waals surface area (Å²) >= 11 is 0. The number of hydrogen-bond acceptors (Lipinski definition) is 3. The Morgan fingerprint density at radius 1 is 0.786 bits per heavy atom. The van der Waals surface area contributed by atoms with Gasteiger partial charge in [0.15, 0.2) is 23.2 Å². The third kappa shape index (κ3) is 6.89. The number of rotatable bonds is 11. The number of hydrogen-bond donors (Lipinski definition) is 0. The SMILES string of the molecule is CCCCCCC1CCC(C2CCC(COc3ccc4cc(-c5ccc(CC)c(F)c5F)oc(=O)c4c3F)CC2)CC1. The van der Waals surface area contributed by atoms with Crippen molar-refractivity contribution in [1.82, 2.24) is 0 Å². The molecule has 2 aliphatic carbocycles. The van der Waals surface area contributed by atoms with E-state index in [-0.39, 0.29) is 33.4 Å². The molecule has 2 saturated carbocycles. The van der Waals surface area contributed by atoms with E-state index in [9.17, 15) is 13.6 Å². The van der Waals surface area contributed by atoms with E-state index < -0.39 is 23.1 Å². The van der Waals surface area contributed by atoms with Crippen LogP contribution >= 0.6 is 0 Å². The second-order valence-corrected chi connectivity index (χ2v) is 12.7. The first-order valence-electron chi connectivity index (χ1n) is 16.3. The number of aryl methyl sites for hydroxylation is 1. The Bertz CT molecular complexity index is 1400. The minimum atomic E-state index is -1.09. The van der Waals surface area contributed by atoms with Crippen LogP contribution in [0.1, 0.15) is 103 Å². The molecule has 0 N–H and O–H groups in total. The smallest absolute Gasteiger partial charge is 0.347 e. The number of halogens is 3. The Labute approximate surface area is 247 Å². The lowest BCUT2D eigenvalue weighted by molar-refractivity contribution is 0.120. The summed E-state index contributed by atoms with van der Waals surface area (Å²) in [6, 6.07) is 7.28. The van der Waals surface area contributed by atoms with Crippen LogP contribution in [0.2, 0.25) is 0 Å². The van der Waals surface area contributed by atoms with Crippen molar-refractivity contribution in [2.75, 3.05) is 6.61 Å². The minimum absolute atomic E-state index is 0.0199. The molecular formula is C36H45F3O3. The molecule has 0 amide bonds. The zero-order valence-electron chi connectivity index (χ0n) is 25.2. The van der Waals surface area contributed by atoms with Gasteiger partial charge in [-0.2, -0.15) is 0 Å². The third-order valence-electron chi connectivity index (χ3n) is 10.0. The maximum Gasteiger partial charge on any atom is 0.347 e. The predicted octanol–water partition coefficient (Wildman–Crippen LogP) is 10.4. The molecule has 2 aliphatic rings. The van der Waals surface area contributed by atoms with Gasteiger partial charge >= 0.3 is 5.63 Å². The van der Waals surface area contributed by atoms with E-state index in [4.69, 9.17) is 9.15 Å². The fourth-order valence-corrected chi connectivity index (χ4v) is 7.36. The largest absolute Gasteiger partial charge is 0.490 e. The highest BCUT2D eigenvalue weighted by atomic mass is 19.2. The van der Waals surface area contributed by atoms with Gasteiger partial charge in [0, 0.05) is 0 Å². The molecule has 5 rings (SSSR count). The quantitative estimate of drug-likeness (QED) is 0.211. The Hall–Kier alpha value is -2.76. The first kappa shape index (κ1) is 30.7. The Balaban J connectivity index is 1.15. The van der Waals surface area contributed by atoms with Crippen LogP contribution in [0.25, 0.3) is 22.1 Å². The molecule has 0 bridgehead atoms. The summed E-state index contributed by atoms with van der Waals surface area (Å²) in [5, 5.41) is 0.00801. The molecular weight excluding hydrogens is 537 g/mol. The van der Waals surface area contributed by atoms with E-state index in [0.29, 0.717) is 18.9 Å². The van der Waals surface area contributed by atoms with Gasteiger partial charge in [0.1, 0.15) is 11.1 Å². The lowest BCUT2D eigenvalue weighted by Crippen LogP contribution is -2.27. The van der Waals surface area contributed by atoms with Crippen molar-refractivity contribution in [3.63, 3.8) is 0 Å². The standard InChI is InChI=1S/C36H45F3O3/c1-3-5-6-7-8-23-9-13-26(14-10-23)27-15-11-24(12-16-27)22-41-30-20-18-28-21-31(42-36(40)32(28)35(30)39)29-19-17-25(4-2)33(37)34(29)38/h17-21,23-24,26-27H,3-16,22H2,1-2H3. The van der Waals surface area contributed by atoms with Crippen molar-refractivity contribution in [3.05, 3.63) is 63.8 Å². The average Bonchev–Trinajstić information content (AvgIpc) is 3.00. The minimum Gasteiger partial charge on any atom is -0.490 e. The van der Waals surface area contributed by atoms with Gasteiger partial charge in [-0.1, -0.05) is 70.9 Å². The van der Waals surface area contributed by atoms with Crippen molar-refractivity contribution < 1.29 is 22.3 Å². The van der Waals surface area contributed by atoms with Crippen LogP contribution in [-0.2, 0) is 6.42 Å². The molecule has 42 heavy (non-hydrogen) atoms. The van der Waals surface area contributed by atoms with Crippen molar-refractivity contribution in [2.24, 2.45) is 23.7 Å². The molecule has 0 radical (unpaired) electrons. The zero-order valence-corrected chi connectivity index (χ0v) is 25.2. The van der Waals surface area contributed by atoms with Gasteiger partial charge in [0.2, 0.25) is 0 Å². The number of fused-ring (bicyclic) bond motifs is 1. The van der Waals surface area contributed by atoms with Crippen molar-refractivity contribution in [1.29, 1.82) is 0 Å². The lowest BCUT2D eigenvalue weighted by Gasteiger charge is -2.38. The summed E-state index contributed by atoms with van der Waals surface area (Å²) in [7, 11) is 0. The van der Waals surface area contributed by atoms with E-state index in [2.05, 4.69) is 6.92 Å². The summed E-state index contributed by atoms with van der Waals surface area (Å²) in [5.41, 5.74) is -0.882. The van der Waals surface area contributed by atoms with Gasteiger partial charge in [0.25, 0.3) is 0 Å². The van der Waals surface area contributed by atoms with Gasteiger partial charge in [-0.25, -0.2) is 18.0 Å². The van der Waals surface area contributed by atoms with Gasteiger partial charge in [-0.3, -0.25) is 0 Å². The maximum absolute atomic E-state index is 15.4. The molecule has 3 nitrogen and oxygen atoms in total. The predicted molar refractivity (Wildman–Crippen MR) is 162 cm³/mol. The van der Waals surface area contributed by atoms with Crippen LogP contribution in [0.4, 0.5) is 13.2 Å². The third-order valence-corrected chi connectivity index (χ3v) is 10.0. The van der Waals surface area contributed by atoms with Crippen LogP contribution in [0.5, 0.6) is 5.75 Å². The highest BCUT2D eigenvalue weighted by Gasteiger charge is 2.31. The Morgan fingerprint density at radius 3 is 2.14 bits per heavy atom. The first-order chi connectivity index (χ1) is 20.4. The highest BCUT2D eigenvalue weighted by molar-refractivity contribution is 5.86. The summed E-state index contributed by atoms with van der Waals surface area (Å²) < 4.78 is 55.6. The fourth-order valence-electron chi connectivity index (χ4n) is 7.36. The number of unbranched alkanes of at least 4 members (excludes halogenated alkanes) is 3. The van der Waals surface area contributed by atoms with Crippen LogP contribution in [-0.4, -0.2) is 6.61 Å². The Morgan fingerprint density at radius 2 is 1.48 bits per heavy atom. The summed E-state index contributed by atoms with van der Waals surface area (Å²) in [4.78, 5) is 12.8. The van der Waals surface area contributed by atoms with Crippen molar-refractivity contribution in [2.45, 2.75) is 104 Å². The van der Waals surface area contributed by atoms with Gasteiger partial charge < -0.3 is 9.15 Å². The topological polar surface area (TPSA) is 39.4 Å². The van der Waals surface area contributed by atoms with Crippen molar-refractivity contribution in [3.8, 4) is 17.1 Å². The summed E-state index contributed by atoms with van der Waals surface area (Å²) in [5.74, 6) is 0.00792. The second kappa shape index (κ2) is 14.1. The molecule has 6 heteroatoms. The van der Waals surface area contributed by atoms with E-state index >= 15 is 4.39 Å². The van der Waals surface area contributed by atoms with Crippen LogP contribution < -0.4 is 10.4 Å². The molecule has 0 atom stereocenters. The van der Waals surface area contributed by atoms with E-state index in [1.807, 2.05) is 0 Å². The molecule has 1 aromatic heterocycles. The monoisotopic (exact) mass is 582 g/mol. The van der Waals surface area contributed by atoms with Crippen molar-refractivity contribution >= 4 is 10.8 Å². The average molecular weight is 583 g/mol. The van der Waals surface area contributed by atoms with E-state index in [1.165, 1.54) is 94.9 Å². The molecule has 0 aliphatic heterocycles. The highest BCUT2D eigenvalue weighted by Crippen LogP contribution is 2.42. The molecule has 1 heterocycles. The summed E-state index contributed by atoms with van der Waals surface area (Å²) in [6.45, 7) is 4.41. The van der Waals surface area contributed by atoms with Crippen LogP contribution in [0.3, 0.4) is 0 Å². The molecule has 0 saturated heterocycles. The van der Waals surface area contributed by atoms with Gasteiger partial charge in [0.05, 0.1) is 12.2 Å². The van der Waals surface area contributed by atoms with Crippen LogP contribution in [0, 0.1) is 41.1 Å². The van der Waals surface area contributed by atoms with Crippen LogP contribution in [0.15, 0.2) is 39.5 Å². The molecule has 228 valence electrons. The Kier molecular flexibility index (Phi) is 10.3.